The molecule has 1 aliphatic rings. The molecule has 20 heavy (non-hydrogen) atoms. The maximum Gasteiger partial charge on any atom is 0.223 e. The van der Waals surface area contributed by atoms with E-state index in [4.69, 9.17) is 18.0 Å². The first-order valence-electron chi connectivity index (χ1n) is 8.17. The zero-order valence-corrected chi connectivity index (χ0v) is 13.9. The van der Waals surface area contributed by atoms with Gasteiger partial charge in [-0.3, -0.25) is 4.79 Å². The second-order valence-corrected chi connectivity index (χ2v) is 6.54. The Balaban J connectivity index is 2.73. The summed E-state index contributed by atoms with van der Waals surface area (Å²) in [5.74, 6) is 0.250. The van der Waals surface area contributed by atoms with Gasteiger partial charge in [0, 0.05) is 5.92 Å². The fourth-order valence-electron chi connectivity index (χ4n) is 3.07. The van der Waals surface area contributed by atoms with Gasteiger partial charge in [0.05, 0.1) is 10.5 Å². The summed E-state index contributed by atoms with van der Waals surface area (Å²) >= 11 is 5.28. The molecule has 0 aromatic rings. The first kappa shape index (κ1) is 17.4. The molecule has 0 spiro atoms. The van der Waals surface area contributed by atoms with Gasteiger partial charge in [-0.15, -0.1) is 0 Å². The summed E-state index contributed by atoms with van der Waals surface area (Å²) in [5, 5.41) is 3.23. The number of carbonyl (C=O) groups is 1. The van der Waals surface area contributed by atoms with Gasteiger partial charge in [-0.1, -0.05) is 64.6 Å². The number of hydrogen-bond acceptors (Lipinski definition) is 2. The number of rotatable bonds is 7. The van der Waals surface area contributed by atoms with E-state index in [0.29, 0.717) is 4.99 Å². The molecule has 0 aromatic carbocycles. The highest BCUT2D eigenvalue weighted by molar-refractivity contribution is 7.80. The standard InChI is InChI=1S/C16H30N2OS/c1-3-5-10-13(4-2)14(19)18-16(15(17)20)11-8-6-7-9-12-16/h13H,3-12H2,1-2H3,(H2,17,20)(H,18,19). The van der Waals surface area contributed by atoms with Gasteiger partial charge < -0.3 is 11.1 Å². The molecule has 0 saturated heterocycles. The van der Waals surface area contributed by atoms with E-state index in [1.54, 1.807) is 0 Å². The minimum absolute atomic E-state index is 0.101. The number of carbonyl (C=O) groups excluding carboxylic acids is 1. The molecule has 116 valence electrons. The van der Waals surface area contributed by atoms with Crippen LogP contribution in [0.3, 0.4) is 0 Å². The molecule has 1 atom stereocenters. The molecule has 0 radical (unpaired) electrons. The summed E-state index contributed by atoms with van der Waals surface area (Å²) in [5.41, 5.74) is 5.55. The Morgan fingerprint density at radius 3 is 2.30 bits per heavy atom. The lowest BCUT2D eigenvalue weighted by Gasteiger charge is -2.34. The number of hydrogen-bond donors (Lipinski definition) is 2. The maximum atomic E-state index is 12.5. The lowest BCUT2D eigenvalue weighted by molar-refractivity contribution is -0.126. The third-order valence-electron chi connectivity index (χ3n) is 4.56. The summed E-state index contributed by atoms with van der Waals surface area (Å²) in [7, 11) is 0. The number of nitrogens with one attached hydrogen (secondary N) is 1. The minimum Gasteiger partial charge on any atom is -0.391 e. The normalized spacial score (nSPS) is 19.9. The third kappa shape index (κ3) is 4.72. The highest BCUT2D eigenvalue weighted by atomic mass is 32.1. The van der Waals surface area contributed by atoms with Gasteiger partial charge in [0.15, 0.2) is 0 Å². The Morgan fingerprint density at radius 1 is 1.25 bits per heavy atom. The predicted octanol–water partition coefficient (Wildman–Crippen LogP) is 3.70. The van der Waals surface area contributed by atoms with Crippen molar-refractivity contribution in [1.29, 1.82) is 0 Å². The summed E-state index contributed by atoms with van der Waals surface area (Å²) in [6, 6.07) is 0. The summed E-state index contributed by atoms with van der Waals surface area (Å²) in [6.45, 7) is 4.24. The molecule has 0 aliphatic heterocycles. The van der Waals surface area contributed by atoms with Crippen LogP contribution in [0.1, 0.15) is 78.1 Å². The molecule has 1 amide bonds. The van der Waals surface area contributed by atoms with E-state index >= 15 is 0 Å². The van der Waals surface area contributed by atoms with Crippen molar-refractivity contribution in [1.82, 2.24) is 5.32 Å². The molecule has 3 nitrogen and oxygen atoms in total. The number of nitrogens with two attached hydrogens (primary N) is 1. The highest BCUT2D eigenvalue weighted by Crippen LogP contribution is 2.28. The second-order valence-electron chi connectivity index (χ2n) is 6.10. The van der Waals surface area contributed by atoms with Gasteiger partial charge in [-0.05, 0) is 25.7 Å². The van der Waals surface area contributed by atoms with E-state index in [-0.39, 0.29) is 11.8 Å². The molecule has 0 heterocycles. The van der Waals surface area contributed by atoms with E-state index in [2.05, 4.69) is 19.2 Å². The van der Waals surface area contributed by atoms with Crippen LogP contribution in [-0.4, -0.2) is 16.4 Å². The minimum atomic E-state index is -0.428. The first-order chi connectivity index (χ1) is 9.55. The Bertz CT molecular complexity index is 322. The topological polar surface area (TPSA) is 55.1 Å². The second kappa shape index (κ2) is 8.60. The van der Waals surface area contributed by atoms with Crippen molar-refractivity contribution in [3.63, 3.8) is 0 Å². The molecular weight excluding hydrogens is 268 g/mol. The molecule has 1 rings (SSSR count). The molecule has 4 heteroatoms. The molecule has 1 saturated carbocycles. The van der Waals surface area contributed by atoms with Crippen LogP contribution in [0.25, 0.3) is 0 Å². The first-order valence-corrected chi connectivity index (χ1v) is 8.58. The molecule has 1 aliphatic carbocycles. The van der Waals surface area contributed by atoms with Crippen molar-refractivity contribution in [2.24, 2.45) is 11.7 Å². The van der Waals surface area contributed by atoms with Crippen LogP contribution in [0, 0.1) is 5.92 Å². The van der Waals surface area contributed by atoms with Crippen molar-refractivity contribution in [3.05, 3.63) is 0 Å². The van der Waals surface area contributed by atoms with Gasteiger partial charge in [0.2, 0.25) is 5.91 Å². The van der Waals surface area contributed by atoms with Crippen LogP contribution < -0.4 is 11.1 Å². The molecule has 3 N–H and O–H groups in total. The molecule has 1 unspecified atom stereocenters. The number of unbranched alkanes of at least 4 members (excludes halogenated alkanes) is 1. The van der Waals surface area contributed by atoms with E-state index in [1.807, 2.05) is 0 Å². The Labute approximate surface area is 129 Å². The Kier molecular flexibility index (Phi) is 7.49. The SMILES string of the molecule is CCCCC(CC)C(=O)NC1(C(N)=S)CCCCCC1. The van der Waals surface area contributed by atoms with E-state index < -0.39 is 5.54 Å². The van der Waals surface area contributed by atoms with Gasteiger partial charge in [-0.25, -0.2) is 0 Å². The lowest BCUT2D eigenvalue weighted by atomic mass is 9.88. The van der Waals surface area contributed by atoms with Gasteiger partial charge in [0.1, 0.15) is 0 Å². The molecule has 0 bridgehead atoms. The zero-order valence-electron chi connectivity index (χ0n) is 13.0. The predicted molar refractivity (Wildman–Crippen MR) is 88.7 cm³/mol. The van der Waals surface area contributed by atoms with Gasteiger partial charge in [0.25, 0.3) is 0 Å². The summed E-state index contributed by atoms with van der Waals surface area (Å²) < 4.78 is 0. The number of thiocarbonyl (C=S) groups is 1. The van der Waals surface area contributed by atoms with Crippen LogP contribution in [0.4, 0.5) is 0 Å². The fraction of sp³-hybridized carbons (Fsp3) is 0.875. The van der Waals surface area contributed by atoms with Crippen LogP contribution in [-0.2, 0) is 4.79 Å². The Hall–Kier alpha value is -0.640. The monoisotopic (exact) mass is 298 g/mol. The average Bonchev–Trinajstić information content (AvgIpc) is 2.66. The van der Waals surface area contributed by atoms with Crippen LogP contribution in [0.15, 0.2) is 0 Å². The summed E-state index contributed by atoms with van der Waals surface area (Å²) in [4.78, 5) is 13.0. The maximum absolute atomic E-state index is 12.5. The lowest BCUT2D eigenvalue weighted by Crippen LogP contribution is -2.57. The van der Waals surface area contributed by atoms with Crippen molar-refractivity contribution >= 4 is 23.1 Å². The van der Waals surface area contributed by atoms with Crippen molar-refractivity contribution < 1.29 is 4.79 Å². The molecular formula is C16H30N2OS. The average molecular weight is 298 g/mol. The van der Waals surface area contributed by atoms with Crippen LogP contribution >= 0.6 is 12.2 Å². The quantitative estimate of drug-likeness (QED) is 0.556. The smallest absolute Gasteiger partial charge is 0.223 e. The fourth-order valence-corrected chi connectivity index (χ4v) is 3.33. The summed E-state index contributed by atoms with van der Waals surface area (Å²) in [6.07, 6.45) is 10.5. The third-order valence-corrected chi connectivity index (χ3v) is 4.95. The highest BCUT2D eigenvalue weighted by Gasteiger charge is 2.36. The molecule has 1 fully saturated rings. The molecule has 0 aromatic heterocycles. The zero-order chi connectivity index (χ0) is 15.0. The van der Waals surface area contributed by atoms with E-state index in [9.17, 15) is 4.79 Å². The van der Waals surface area contributed by atoms with Crippen molar-refractivity contribution in [3.8, 4) is 0 Å². The van der Waals surface area contributed by atoms with Gasteiger partial charge >= 0.3 is 0 Å². The van der Waals surface area contributed by atoms with Crippen molar-refractivity contribution in [2.45, 2.75) is 83.6 Å². The van der Waals surface area contributed by atoms with Crippen LogP contribution in [0.5, 0.6) is 0 Å². The van der Waals surface area contributed by atoms with Crippen molar-refractivity contribution in [2.75, 3.05) is 0 Å². The Morgan fingerprint density at radius 2 is 1.85 bits per heavy atom. The van der Waals surface area contributed by atoms with E-state index in [1.165, 1.54) is 12.8 Å². The van der Waals surface area contributed by atoms with Crippen LogP contribution in [0.2, 0.25) is 0 Å². The largest absolute Gasteiger partial charge is 0.391 e. The van der Waals surface area contributed by atoms with Gasteiger partial charge in [-0.2, -0.15) is 0 Å². The van der Waals surface area contributed by atoms with E-state index in [0.717, 1.165) is 51.4 Å². The number of amides is 1.